The smallest absolute Gasteiger partial charge is 0.264 e. The lowest BCUT2D eigenvalue weighted by Gasteiger charge is -2.34. The molecule has 0 atom stereocenters. The Morgan fingerprint density at radius 3 is 2.74 bits per heavy atom. The Labute approximate surface area is 123 Å². The molecule has 1 fully saturated rings. The molecule has 1 aromatic heterocycles. The highest BCUT2D eigenvalue weighted by atomic mass is 32.1. The highest BCUT2D eigenvalue weighted by Crippen LogP contribution is 2.25. The summed E-state index contributed by atoms with van der Waals surface area (Å²) in [5.74, 6) is 0.137. The average molecular weight is 296 g/mol. The van der Waals surface area contributed by atoms with Gasteiger partial charge in [-0.2, -0.15) is 0 Å². The Morgan fingerprint density at radius 2 is 2.16 bits per heavy atom. The molecule has 104 valence electrons. The van der Waals surface area contributed by atoms with E-state index in [1.165, 1.54) is 30.6 Å². The number of nitrogens with two attached hydrogens (primary N) is 1. The third-order valence-electron chi connectivity index (χ3n) is 3.61. The first kappa shape index (κ1) is 14.5. The second-order valence-corrected chi connectivity index (χ2v) is 6.46. The molecule has 3 nitrogen and oxygen atoms in total. The monoisotopic (exact) mass is 296 g/mol. The van der Waals surface area contributed by atoms with Gasteiger partial charge in [-0.25, -0.2) is 0 Å². The Morgan fingerprint density at radius 1 is 1.42 bits per heavy atom. The van der Waals surface area contributed by atoms with Crippen LogP contribution in [0.15, 0.2) is 17.5 Å². The summed E-state index contributed by atoms with van der Waals surface area (Å²) in [6.07, 6.45) is 6.54. The topological polar surface area (TPSA) is 46.3 Å². The lowest BCUT2D eigenvalue weighted by molar-refractivity contribution is 0.0646. The van der Waals surface area contributed by atoms with Gasteiger partial charge in [-0.3, -0.25) is 4.79 Å². The minimum absolute atomic E-state index is 0.137. The maximum atomic E-state index is 12.6. The van der Waals surface area contributed by atoms with Crippen molar-refractivity contribution in [3.63, 3.8) is 0 Å². The Bertz CT molecular complexity index is 425. The summed E-state index contributed by atoms with van der Waals surface area (Å²) in [6, 6.07) is 4.17. The van der Waals surface area contributed by atoms with E-state index < -0.39 is 0 Å². The van der Waals surface area contributed by atoms with Crippen molar-refractivity contribution in [2.75, 3.05) is 6.54 Å². The molecular weight excluding hydrogens is 276 g/mol. The van der Waals surface area contributed by atoms with E-state index in [1.54, 1.807) is 0 Å². The van der Waals surface area contributed by atoms with Crippen molar-refractivity contribution in [3.05, 3.63) is 22.4 Å². The van der Waals surface area contributed by atoms with Crippen molar-refractivity contribution in [2.24, 2.45) is 5.73 Å². The summed E-state index contributed by atoms with van der Waals surface area (Å²) in [7, 11) is 0. The van der Waals surface area contributed by atoms with Crippen LogP contribution in [0.1, 0.15) is 48.2 Å². The number of thiophene rings is 1. The van der Waals surface area contributed by atoms with Crippen molar-refractivity contribution in [3.8, 4) is 0 Å². The second-order valence-electron chi connectivity index (χ2n) is 4.98. The molecule has 0 unspecified atom stereocenters. The fourth-order valence-corrected chi connectivity index (χ4v) is 3.39. The number of hydrogen-bond donors (Lipinski definition) is 1. The van der Waals surface area contributed by atoms with E-state index in [1.807, 2.05) is 22.4 Å². The molecular formula is C14H20N2OS2. The Balaban J connectivity index is 2.08. The molecule has 0 radical (unpaired) electrons. The first-order valence-corrected chi connectivity index (χ1v) is 8.10. The Hall–Kier alpha value is -0.940. The first-order valence-electron chi connectivity index (χ1n) is 6.81. The van der Waals surface area contributed by atoms with Gasteiger partial charge in [0, 0.05) is 19.0 Å². The van der Waals surface area contributed by atoms with Gasteiger partial charge in [-0.15, -0.1) is 11.3 Å². The largest absolute Gasteiger partial charge is 0.393 e. The van der Waals surface area contributed by atoms with Gasteiger partial charge in [0.05, 0.1) is 9.87 Å². The van der Waals surface area contributed by atoms with Gasteiger partial charge in [0.25, 0.3) is 5.91 Å². The molecule has 0 spiro atoms. The molecule has 1 heterocycles. The van der Waals surface area contributed by atoms with Crippen LogP contribution in [-0.4, -0.2) is 28.4 Å². The van der Waals surface area contributed by atoms with Crippen molar-refractivity contribution < 1.29 is 4.79 Å². The van der Waals surface area contributed by atoms with Gasteiger partial charge in [0.2, 0.25) is 0 Å². The maximum absolute atomic E-state index is 12.6. The molecule has 1 amide bonds. The number of carbonyl (C=O) groups is 1. The van der Waals surface area contributed by atoms with E-state index in [4.69, 9.17) is 18.0 Å². The van der Waals surface area contributed by atoms with Crippen molar-refractivity contribution in [2.45, 2.75) is 44.6 Å². The molecule has 1 aromatic rings. The van der Waals surface area contributed by atoms with E-state index in [0.29, 0.717) is 24.0 Å². The quantitative estimate of drug-likeness (QED) is 0.849. The van der Waals surface area contributed by atoms with Crippen molar-refractivity contribution in [1.29, 1.82) is 0 Å². The summed E-state index contributed by atoms with van der Waals surface area (Å²) in [6.45, 7) is 0.650. The third-order valence-corrected chi connectivity index (χ3v) is 4.67. The third kappa shape index (κ3) is 4.01. The normalized spacial score (nSPS) is 16.2. The molecule has 0 aliphatic heterocycles. The fraction of sp³-hybridized carbons (Fsp3) is 0.571. The van der Waals surface area contributed by atoms with E-state index in [0.717, 1.165) is 17.7 Å². The molecule has 1 aliphatic carbocycles. The van der Waals surface area contributed by atoms with Crippen LogP contribution in [0.4, 0.5) is 0 Å². The summed E-state index contributed by atoms with van der Waals surface area (Å²) >= 11 is 6.45. The molecule has 5 heteroatoms. The first-order chi connectivity index (χ1) is 9.18. The van der Waals surface area contributed by atoms with Crippen molar-refractivity contribution >= 4 is 34.5 Å². The number of amides is 1. The molecule has 0 bridgehead atoms. The van der Waals surface area contributed by atoms with Crippen LogP contribution in [0, 0.1) is 0 Å². The van der Waals surface area contributed by atoms with Crippen LogP contribution in [0.2, 0.25) is 0 Å². The maximum Gasteiger partial charge on any atom is 0.264 e. The highest BCUT2D eigenvalue weighted by molar-refractivity contribution is 7.80. The van der Waals surface area contributed by atoms with E-state index in [-0.39, 0.29) is 5.91 Å². The number of thiocarbonyl (C=S) groups is 1. The van der Waals surface area contributed by atoms with Crippen LogP contribution in [0.3, 0.4) is 0 Å². The summed E-state index contributed by atoms with van der Waals surface area (Å²) in [5, 5.41) is 1.94. The average Bonchev–Trinajstić information content (AvgIpc) is 2.93. The standard InChI is InChI=1S/C14H20N2OS2/c15-13(18)8-9-16(11-5-2-1-3-6-11)14(17)12-7-4-10-19-12/h4,7,10-11H,1-3,5-6,8-9H2,(H2,15,18). The minimum atomic E-state index is 0.137. The molecule has 1 aliphatic rings. The van der Waals surface area contributed by atoms with Gasteiger partial charge in [0.1, 0.15) is 0 Å². The number of rotatable bonds is 5. The van der Waals surface area contributed by atoms with E-state index in [2.05, 4.69) is 0 Å². The van der Waals surface area contributed by atoms with Gasteiger partial charge in [-0.05, 0) is 24.3 Å². The zero-order valence-corrected chi connectivity index (χ0v) is 12.6. The van der Waals surface area contributed by atoms with E-state index in [9.17, 15) is 4.79 Å². The van der Waals surface area contributed by atoms with Gasteiger partial charge < -0.3 is 10.6 Å². The summed E-state index contributed by atoms with van der Waals surface area (Å²) < 4.78 is 0. The van der Waals surface area contributed by atoms with Crippen LogP contribution in [0.5, 0.6) is 0 Å². The van der Waals surface area contributed by atoms with Gasteiger partial charge in [-0.1, -0.05) is 37.5 Å². The molecule has 19 heavy (non-hydrogen) atoms. The SMILES string of the molecule is NC(=S)CCN(C(=O)c1cccs1)C1CCCCC1. The summed E-state index contributed by atoms with van der Waals surface area (Å²) in [4.78, 5) is 15.9. The predicted molar refractivity (Wildman–Crippen MR) is 83.6 cm³/mol. The Kier molecular flexibility index (Phi) is 5.34. The molecule has 2 rings (SSSR count). The molecule has 2 N–H and O–H groups in total. The summed E-state index contributed by atoms with van der Waals surface area (Å²) in [5.41, 5.74) is 5.59. The molecule has 0 saturated heterocycles. The van der Waals surface area contributed by atoms with Crippen LogP contribution < -0.4 is 5.73 Å². The van der Waals surface area contributed by atoms with Crippen molar-refractivity contribution in [1.82, 2.24) is 4.90 Å². The lowest BCUT2D eigenvalue weighted by Crippen LogP contribution is -2.42. The molecule has 1 saturated carbocycles. The zero-order chi connectivity index (χ0) is 13.7. The van der Waals surface area contributed by atoms with Crippen LogP contribution >= 0.6 is 23.6 Å². The number of hydrogen-bond acceptors (Lipinski definition) is 3. The second kappa shape index (κ2) is 7.01. The predicted octanol–water partition coefficient (Wildman–Crippen LogP) is 3.20. The lowest BCUT2D eigenvalue weighted by atomic mass is 9.94. The number of nitrogens with zero attached hydrogens (tertiary/aromatic N) is 1. The number of carbonyl (C=O) groups excluding carboxylic acids is 1. The zero-order valence-electron chi connectivity index (χ0n) is 11.0. The molecule has 0 aromatic carbocycles. The fourth-order valence-electron chi connectivity index (χ4n) is 2.62. The minimum Gasteiger partial charge on any atom is -0.393 e. The van der Waals surface area contributed by atoms with Gasteiger partial charge >= 0.3 is 0 Å². The van der Waals surface area contributed by atoms with Gasteiger partial charge in [0.15, 0.2) is 0 Å². The van der Waals surface area contributed by atoms with E-state index >= 15 is 0 Å². The van der Waals surface area contributed by atoms with Crippen LogP contribution in [-0.2, 0) is 0 Å². The van der Waals surface area contributed by atoms with Crippen LogP contribution in [0.25, 0.3) is 0 Å². The highest BCUT2D eigenvalue weighted by Gasteiger charge is 2.26.